The van der Waals surface area contributed by atoms with Crippen LogP contribution in [0.1, 0.15) is 33.6 Å². The molecule has 0 spiro atoms. The lowest BCUT2D eigenvalue weighted by atomic mass is 9.70. The lowest BCUT2D eigenvalue weighted by Gasteiger charge is -2.31. The summed E-state index contributed by atoms with van der Waals surface area (Å²) < 4.78 is 0. The van der Waals surface area contributed by atoms with Crippen molar-refractivity contribution in [2.45, 2.75) is 33.6 Å². The van der Waals surface area contributed by atoms with Crippen molar-refractivity contribution in [1.82, 2.24) is 0 Å². The number of ketones is 1. The van der Waals surface area contributed by atoms with Crippen LogP contribution in [-0.2, 0) is 4.79 Å². The van der Waals surface area contributed by atoms with Gasteiger partial charge in [-0.25, -0.2) is 0 Å². The molecule has 2 aliphatic carbocycles. The molecular formula is C11H15ClO. The Labute approximate surface area is 84.2 Å². The van der Waals surface area contributed by atoms with Gasteiger partial charge in [-0.3, -0.25) is 4.79 Å². The highest BCUT2D eigenvalue weighted by Crippen LogP contribution is 2.65. The number of hydrogen-bond donors (Lipinski definition) is 0. The minimum Gasteiger partial charge on any atom is -0.294 e. The van der Waals surface area contributed by atoms with Crippen molar-refractivity contribution in [2.75, 3.05) is 0 Å². The van der Waals surface area contributed by atoms with E-state index in [9.17, 15) is 4.79 Å². The van der Waals surface area contributed by atoms with Gasteiger partial charge in [0.1, 0.15) is 0 Å². The van der Waals surface area contributed by atoms with Crippen molar-refractivity contribution < 1.29 is 4.79 Å². The van der Waals surface area contributed by atoms with Gasteiger partial charge < -0.3 is 0 Å². The fourth-order valence-corrected chi connectivity index (χ4v) is 3.30. The van der Waals surface area contributed by atoms with Gasteiger partial charge in [0, 0.05) is 16.5 Å². The third kappa shape index (κ3) is 0.817. The molecule has 0 amide bonds. The van der Waals surface area contributed by atoms with Crippen LogP contribution in [0.15, 0.2) is 11.1 Å². The number of halogens is 1. The first kappa shape index (κ1) is 9.26. The number of fused-ring (bicyclic) bond motifs is 2. The molecule has 72 valence electrons. The maximum Gasteiger partial charge on any atom is 0.166 e. The number of carbonyl (C=O) groups is 1. The van der Waals surface area contributed by atoms with Gasteiger partial charge in [0.05, 0.1) is 0 Å². The predicted octanol–water partition coefficient (Wildman–Crippen LogP) is 3.13. The highest BCUT2D eigenvalue weighted by Gasteiger charge is 2.63. The highest BCUT2D eigenvalue weighted by molar-refractivity contribution is 6.28. The Morgan fingerprint density at radius 1 is 1.46 bits per heavy atom. The van der Waals surface area contributed by atoms with Crippen LogP contribution >= 0.6 is 11.6 Å². The zero-order valence-electron chi connectivity index (χ0n) is 8.36. The van der Waals surface area contributed by atoms with E-state index in [0.717, 1.165) is 18.4 Å². The molecule has 13 heavy (non-hydrogen) atoms. The molecule has 2 rings (SSSR count). The number of rotatable bonds is 0. The Balaban J connectivity index is 2.57. The van der Waals surface area contributed by atoms with E-state index in [-0.39, 0.29) is 16.6 Å². The van der Waals surface area contributed by atoms with Gasteiger partial charge in [0.2, 0.25) is 0 Å². The monoisotopic (exact) mass is 198 g/mol. The second-order valence-corrected chi connectivity index (χ2v) is 5.26. The summed E-state index contributed by atoms with van der Waals surface area (Å²) in [4.78, 5) is 12.0. The third-order valence-electron chi connectivity index (χ3n) is 4.48. The molecule has 0 aromatic heterocycles. The molecule has 2 saturated carbocycles. The Bertz CT molecular complexity index is 303. The number of Topliss-reactive ketones (excluding diaryl/α,β-unsaturated/α-hetero) is 1. The summed E-state index contributed by atoms with van der Waals surface area (Å²) in [5, 5.41) is 0. The van der Waals surface area contributed by atoms with Crippen molar-refractivity contribution in [1.29, 1.82) is 0 Å². The average Bonchev–Trinajstić information content (AvgIpc) is 2.36. The van der Waals surface area contributed by atoms with E-state index in [1.807, 2.05) is 0 Å². The van der Waals surface area contributed by atoms with E-state index in [1.54, 1.807) is 0 Å². The zero-order valence-corrected chi connectivity index (χ0v) is 9.11. The van der Waals surface area contributed by atoms with Crippen LogP contribution in [0.2, 0.25) is 0 Å². The SMILES string of the molecule is CC12CCC(/C(=C/Cl)C1=O)C2(C)C. The minimum atomic E-state index is -0.154. The molecule has 0 saturated heterocycles. The second-order valence-electron chi connectivity index (χ2n) is 5.04. The van der Waals surface area contributed by atoms with Crippen molar-refractivity contribution in [3.8, 4) is 0 Å². The summed E-state index contributed by atoms with van der Waals surface area (Å²) in [5.41, 5.74) is 2.31. The molecule has 0 radical (unpaired) electrons. The predicted molar refractivity (Wildman–Crippen MR) is 53.6 cm³/mol. The van der Waals surface area contributed by atoms with Crippen LogP contribution in [-0.4, -0.2) is 5.78 Å². The molecule has 2 aliphatic rings. The summed E-state index contributed by atoms with van der Waals surface area (Å²) in [7, 11) is 0. The molecule has 2 atom stereocenters. The summed E-state index contributed by atoms with van der Waals surface area (Å²) in [6, 6.07) is 0. The summed E-state index contributed by atoms with van der Waals surface area (Å²) in [6.07, 6.45) is 2.14. The molecule has 2 unspecified atom stereocenters. The van der Waals surface area contributed by atoms with Crippen LogP contribution in [0.3, 0.4) is 0 Å². The van der Waals surface area contributed by atoms with E-state index in [2.05, 4.69) is 20.8 Å². The van der Waals surface area contributed by atoms with E-state index in [4.69, 9.17) is 11.6 Å². The summed E-state index contributed by atoms with van der Waals surface area (Å²) in [6.45, 7) is 6.47. The maximum absolute atomic E-state index is 12.0. The Morgan fingerprint density at radius 3 is 2.38 bits per heavy atom. The standard InChI is InChI=1S/C11H15ClO/c1-10(2)8-4-5-11(10,3)9(13)7(8)6-12/h6,8H,4-5H2,1-3H3/b7-6-. The minimum absolute atomic E-state index is 0.102. The van der Waals surface area contributed by atoms with Crippen molar-refractivity contribution in [2.24, 2.45) is 16.7 Å². The molecule has 0 aromatic rings. The lowest BCUT2D eigenvalue weighted by Crippen LogP contribution is -2.32. The highest BCUT2D eigenvalue weighted by atomic mass is 35.5. The molecule has 2 heteroatoms. The second kappa shape index (κ2) is 2.38. The van der Waals surface area contributed by atoms with Crippen molar-refractivity contribution in [3.05, 3.63) is 11.1 Å². The zero-order chi connectivity index (χ0) is 9.85. The van der Waals surface area contributed by atoms with Gasteiger partial charge in [0.15, 0.2) is 5.78 Å². The van der Waals surface area contributed by atoms with Gasteiger partial charge in [-0.05, 0) is 24.2 Å². The molecule has 2 fully saturated rings. The lowest BCUT2D eigenvalue weighted by molar-refractivity contribution is -0.125. The fourth-order valence-electron chi connectivity index (χ4n) is 3.05. The van der Waals surface area contributed by atoms with Gasteiger partial charge in [-0.15, -0.1) is 0 Å². The first-order valence-electron chi connectivity index (χ1n) is 4.80. The molecule has 0 N–H and O–H groups in total. The number of hydrogen-bond acceptors (Lipinski definition) is 1. The van der Waals surface area contributed by atoms with Crippen molar-refractivity contribution >= 4 is 17.4 Å². The smallest absolute Gasteiger partial charge is 0.166 e. The average molecular weight is 199 g/mol. The topological polar surface area (TPSA) is 17.1 Å². The van der Waals surface area contributed by atoms with Crippen LogP contribution in [0.5, 0.6) is 0 Å². The van der Waals surface area contributed by atoms with E-state index in [1.165, 1.54) is 5.54 Å². The molecule has 2 bridgehead atoms. The van der Waals surface area contributed by atoms with Crippen LogP contribution in [0, 0.1) is 16.7 Å². The van der Waals surface area contributed by atoms with Crippen molar-refractivity contribution in [3.63, 3.8) is 0 Å². The molecule has 1 nitrogen and oxygen atoms in total. The summed E-state index contributed by atoms with van der Waals surface area (Å²) >= 11 is 5.70. The molecular weight excluding hydrogens is 184 g/mol. The van der Waals surface area contributed by atoms with Crippen LogP contribution in [0.25, 0.3) is 0 Å². The molecule has 0 aliphatic heterocycles. The third-order valence-corrected chi connectivity index (χ3v) is 4.72. The molecule has 0 aromatic carbocycles. The number of carbonyl (C=O) groups excluding carboxylic acids is 1. The first-order chi connectivity index (χ1) is 5.95. The Hall–Kier alpha value is -0.300. The van der Waals surface area contributed by atoms with Gasteiger partial charge in [0.25, 0.3) is 0 Å². The Kier molecular flexibility index (Phi) is 1.70. The largest absolute Gasteiger partial charge is 0.294 e. The number of allylic oxidation sites excluding steroid dienone is 1. The van der Waals surface area contributed by atoms with Gasteiger partial charge >= 0.3 is 0 Å². The fraction of sp³-hybridized carbons (Fsp3) is 0.727. The van der Waals surface area contributed by atoms with Gasteiger partial charge in [-0.1, -0.05) is 32.4 Å². The van der Waals surface area contributed by atoms with Crippen LogP contribution < -0.4 is 0 Å². The summed E-state index contributed by atoms with van der Waals surface area (Å²) in [5.74, 6) is 0.672. The van der Waals surface area contributed by atoms with E-state index >= 15 is 0 Å². The van der Waals surface area contributed by atoms with E-state index in [0.29, 0.717) is 5.92 Å². The first-order valence-corrected chi connectivity index (χ1v) is 5.24. The normalized spacial score (nSPS) is 44.8. The molecule has 0 heterocycles. The quantitative estimate of drug-likeness (QED) is 0.547. The van der Waals surface area contributed by atoms with Gasteiger partial charge in [-0.2, -0.15) is 0 Å². The van der Waals surface area contributed by atoms with E-state index < -0.39 is 0 Å². The maximum atomic E-state index is 12.0. The van der Waals surface area contributed by atoms with Crippen LogP contribution in [0.4, 0.5) is 0 Å². The Morgan fingerprint density at radius 2 is 2.08 bits per heavy atom.